The largest absolute Gasteiger partial charge is 0.383 e. The predicted molar refractivity (Wildman–Crippen MR) is 48.9 cm³/mol. The van der Waals surface area contributed by atoms with Crippen molar-refractivity contribution in [2.45, 2.75) is 19.9 Å². The van der Waals surface area contributed by atoms with Crippen molar-refractivity contribution in [3.63, 3.8) is 0 Å². The predicted octanol–water partition coefficient (Wildman–Crippen LogP) is 0.904. The number of rotatable bonds is 5. The molecule has 0 bridgehead atoms. The molecule has 0 spiro atoms. The summed E-state index contributed by atoms with van der Waals surface area (Å²) in [5.74, 6) is 0. The van der Waals surface area contributed by atoms with E-state index in [2.05, 4.69) is 5.10 Å². The van der Waals surface area contributed by atoms with Crippen LogP contribution in [0.5, 0.6) is 0 Å². The van der Waals surface area contributed by atoms with E-state index in [-0.39, 0.29) is 0 Å². The van der Waals surface area contributed by atoms with Crippen LogP contribution in [0.2, 0.25) is 0 Å². The van der Waals surface area contributed by atoms with Crippen LogP contribution in [-0.2, 0) is 17.7 Å². The van der Waals surface area contributed by atoms with E-state index in [1.165, 1.54) is 0 Å². The van der Waals surface area contributed by atoms with Crippen LogP contribution in [0.15, 0.2) is 6.07 Å². The zero-order valence-corrected chi connectivity index (χ0v) is 7.99. The highest BCUT2D eigenvalue weighted by Crippen LogP contribution is 2.02. The average molecular weight is 182 g/mol. The first kappa shape index (κ1) is 9.92. The van der Waals surface area contributed by atoms with Crippen LogP contribution in [0.3, 0.4) is 0 Å². The molecule has 1 aromatic rings. The van der Waals surface area contributed by atoms with E-state index in [9.17, 15) is 4.79 Å². The van der Waals surface area contributed by atoms with Gasteiger partial charge in [-0.25, -0.2) is 0 Å². The van der Waals surface area contributed by atoms with E-state index in [1.807, 2.05) is 13.0 Å². The van der Waals surface area contributed by atoms with Crippen LogP contribution in [0.1, 0.15) is 23.1 Å². The molecule has 4 nitrogen and oxygen atoms in total. The van der Waals surface area contributed by atoms with Gasteiger partial charge >= 0.3 is 0 Å². The highest BCUT2D eigenvalue weighted by Gasteiger charge is 2.04. The van der Waals surface area contributed by atoms with E-state index in [1.54, 1.807) is 11.8 Å². The third-order valence-corrected chi connectivity index (χ3v) is 1.85. The van der Waals surface area contributed by atoms with Gasteiger partial charge in [0.1, 0.15) is 5.69 Å². The minimum atomic E-state index is 0.575. The SMILES string of the molecule is CCc1cc(C=O)n(CCOC)n1. The van der Waals surface area contributed by atoms with Gasteiger partial charge in [-0.2, -0.15) is 5.10 Å². The molecule has 1 rings (SSSR count). The number of aromatic nitrogens is 2. The lowest BCUT2D eigenvalue weighted by atomic mass is 10.3. The molecule has 1 heterocycles. The summed E-state index contributed by atoms with van der Waals surface area (Å²) in [6.07, 6.45) is 1.67. The normalized spacial score (nSPS) is 10.3. The first-order valence-electron chi connectivity index (χ1n) is 4.32. The lowest BCUT2D eigenvalue weighted by Crippen LogP contribution is -2.09. The molecular weight excluding hydrogens is 168 g/mol. The summed E-state index contributed by atoms with van der Waals surface area (Å²) < 4.78 is 6.59. The van der Waals surface area contributed by atoms with Crippen LogP contribution in [0.4, 0.5) is 0 Å². The van der Waals surface area contributed by atoms with E-state index in [0.29, 0.717) is 18.8 Å². The van der Waals surface area contributed by atoms with Crippen molar-refractivity contribution in [1.82, 2.24) is 9.78 Å². The van der Waals surface area contributed by atoms with Crippen molar-refractivity contribution in [3.8, 4) is 0 Å². The summed E-state index contributed by atoms with van der Waals surface area (Å²) in [4.78, 5) is 10.6. The van der Waals surface area contributed by atoms with Crippen LogP contribution >= 0.6 is 0 Å². The van der Waals surface area contributed by atoms with Gasteiger partial charge in [0, 0.05) is 7.11 Å². The molecule has 0 aliphatic rings. The van der Waals surface area contributed by atoms with Gasteiger partial charge in [-0.3, -0.25) is 9.48 Å². The number of aryl methyl sites for hydroxylation is 1. The number of methoxy groups -OCH3 is 1. The maximum atomic E-state index is 10.6. The second kappa shape index (κ2) is 4.77. The van der Waals surface area contributed by atoms with Crippen molar-refractivity contribution in [3.05, 3.63) is 17.5 Å². The fourth-order valence-corrected chi connectivity index (χ4v) is 1.11. The van der Waals surface area contributed by atoms with E-state index in [0.717, 1.165) is 18.4 Å². The Hall–Kier alpha value is -1.16. The van der Waals surface area contributed by atoms with E-state index >= 15 is 0 Å². The number of ether oxygens (including phenoxy) is 1. The Morgan fingerprint density at radius 2 is 2.46 bits per heavy atom. The molecular formula is C9H14N2O2. The molecule has 72 valence electrons. The highest BCUT2D eigenvalue weighted by molar-refractivity contribution is 5.72. The summed E-state index contributed by atoms with van der Waals surface area (Å²) in [6, 6.07) is 1.81. The first-order valence-corrected chi connectivity index (χ1v) is 4.32. The summed E-state index contributed by atoms with van der Waals surface area (Å²) >= 11 is 0. The van der Waals surface area contributed by atoms with Gasteiger partial charge in [0.25, 0.3) is 0 Å². The molecule has 0 N–H and O–H groups in total. The average Bonchev–Trinajstić information content (AvgIpc) is 2.57. The van der Waals surface area contributed by atoms with E-state index in [4.69, 9.17) is 4.74 Å². The molecule has 1 aromatic heterocycles. The maximum absolute atomic E-state index is 10.6. The minimum Gasteiger partial charge on any atom is -0.383 e. The Morgan fingerprint density at radius 1 is 1.69 bits per heavy atom. The summed E-state index contributed by atoms with van der Waals surface area (Å²) in [6.45, 7) is 3.22. The number of nitrogens with zero attached hydrogens (tertiary/aromatic N) is 2. The number of aldehydes is 1. The lowest BCUT2D eigenvalue weighted by Gasteiger charge is -2.01. The molecule has 13 heavy (non-hydrogen) atoms. The van der Waals surface area contributed by atoms with Gasteiger partial charge in [0.05, 0.1) is 18.8 Å². The van der Waals surface area contributed by atoms with Gasteiger partial charge in [-0.05, 0) is 12.5 Å². The number of carbonyl (C=O) groups is 1. The third-order valence-electron chi connectivity index (χ3n) is 1.85. The molecule has 4 heteroatoms. The Bertz CT molecular complexity index is 281. The Morgan fingerprint density at radius 3 is 3.00 bits per heavy atom. The summed E-state index contributed by atoms with van der Waals surface area (Å²) in [7, 11) is 1.63. The molecule has 0 saturated heterocycles. The molecule has 0 atom stereocenters. The van der Waals surface area contributed by atoms with Gasteiger partial charge in [0.15, 0.2) is 6.29 Å². The second-order valence-electron chi connectivity index (χ2n) is 2.75. The molecule has 0 amide bonds. The number of hydrogen-bond donors (Lipinski definition) is 0. The van der Waals surface area contributed by atoms with Crippen molar-refractivity contribution in [2.24, 2.45) is 0 Å². The van der Waals surface area contributed by atoms with Crippen LogP contribution in [0, 0.1) is 0 Å². The molecule has 0 radical (unpaired) electrons. The zero-order valence-electron chi connectivity index (χ0n) is 7.99. The second-order valence-corrected chi connectivity index (χ2v) is 2.75. The molecule has 0 aromatic carbocycles. The Balaban J connectivity index is 2.77. The van der Waals surface area contributed by atoms with Crippen molar-refractivity contribution in [2.75, 3.05) is 13.7 Å². The van der Waals surface area contributed by atoms with Gasteiger partial charge < -0.3 is 4.74 Å². The molecule has 0 fully saturated rings. The van der Waals surface area contributed by atoms with Crippen LogP contribution in [-0.4, -0.2) is 29.8 Å². The minimum absolute atomic E-state index is 0.575. The third kappa shape index (κ3) is 2.39. The molecule has 0 aliphatic heterocycles. The first-order chi connectivity index (χ1) is 6.31. The Labute approximate surface area is 77.5 Å². The fraction of sp³-hybridized carbons (Fsp3) is 0.556. The van der Waals surface area contributed by atoms with Crippen molar-refractivity contribution < 1.29 is 9.53 Å². The van der Waals surface area contributed by atoms with Crippen LogP contribution in [0.25, 0.3) is 0 Å². The monoisotopic (exact) mass is 182 g/mol. The van der Waals surface area contributed by atoms with Crippen molar-refractivity contribution >= 4 is 6.29 Å². The van der Waals surface area contributed by atoms with Gasteiger partial charge in [-0.15, -0.1) is 0 Å². The summed E-state index contributed by atoms with van der Waals surface area (Å²) in [5.41, 5.74) is 1.56. The van der Waals surface area contributed by atoms with Gasteiger partial charge in [0.2, 0.25) is 0 Å². The number of hydrogen-bond acceptors (Lipinski definition) is 3. The molecule has 0 saturated carbocycles. The van der Waals surface area contributed by atoms with Gasteiger partial charge in [-0.1, -0.05) is 6.92 Å². The fourth-order valence-electron chi connectivity index (χ4n) is 1.11. The maximum Gasteiger partial charge on any atom is 0.168 e. The highest BCUT2D eigenvalue weighted by atomic mass is 16.5. The number of carbonyl (C=O) groups excluding carboxylic acids is 1. The van der Waals surface area contributed by atoms with E-state index < -0.39 is 0 Å². The topological polar surface area (TPSA) is 44.1 Å². The van der Waals surface area contributed by atoms with Crippen LogP contribution < -0.4 is 0 Å². The zero-order chi connectivity index (χ0) is 9.68. The Kier molecular flexibility index (Phi) is 3.64. The molecule has 0 unspecified atom stereocenters. The molecule has 0 aliphatic carbocycles. The lowest BCUT2D eigenvalue weighted by molar-refractivity contribution is 0.111. The summed E-state index contributed by atoms with van der Waals surface area (Å²) in [5, 5.41) is 4.24. The standard InChI is InChI=1S/C9H14N2O2/c1-3-8-6-9(7-12)11(10-8)4-5-13-2/h6-7H,3-5H2,1-2H3. The quantitative estimate of drug-likeness (QED) is 0.635. The van der Waals surface area contributed by atoms with Crippen molar-refractivity contribution in [1.29, 1.82) is 0 Å². The smallest absolute Gasteiger partial charge is 0.168 e.